The molecule has 134 valence electrons. The number of rotatable bonds is 6. The minimum Gasteiger partial charge on any atom is -0.494 e. The number of carboxylic acids is 1. The van der Waals surface area contributed by atoms with Gasteiger partial charge < -0.3 is 14.9 Å². The van der Waals surface area contributed by atoms with E-state index in [4.69, 9.17) is 9.84 Å². The topological polar surface area (TPSA) is 79.7 Å². The SMILES string of the molecule is CCOc1ccc2nccc(CC[C@]3(O)CC[C@H](C(=O)O)CC3)c2c1. The number of pyridine rings is 1. The Hall–Kier alpha value is -2.14. The number of ether oxygens (including phenoxy) is 1. The first-order valence-corrected chi connectivity index (χ1v) is 8.96. The van der Waals surface area contributed by atoms with Crippen molar-refractivity contribution >= 4 is 16.9 Å². The number of hydrogen-bond donors (Lipinski definition) is 2. The lowest BCUT2D eigenvalue weighted by molar-refractivity contribution is -0.144. The summed E-state index contributed by atoms with van der Waals surface area (Å²) in [7, 11) is 0. The third-order valence-electron chi connectivity index (χ3n) is 5.24. The molecule has 0 unspecified atom stereocenters. The number of aliphatic hydroxyl groups is 1. The molecule has 0 radical (unpaired) electrons. The number of carboxylic acid groups (broad SMARTS) is 1. The van der Waals surface area contributed by atoms with E-state index >= 15 is 0 Å². The van der Waals surface area contributed by atoms with Crippen LogP contribution in [0.5, 0.6) is 5.75 Å². The van der Waals surface area contributed by atoms with E-state index in [1.807, 2.05) is 31.2 Å². The van der Waals surface area contributed by atoms with Crippen LogP contribution >= 0.6 is 0 Å². The molecule has 0 bridgehead atoms. The molecule has 1 fully saturated rings. The van der Waals surface area contributed by atoms with E-state index in [9.17, 15) is 9.90 Å². The summed E-state index contributed by atoms with van der Waals surface area (Å²) in [5.41, 5.74) is 1.29. The third kappa shape index (κ3) is 4.10. The zero-order valence-electron chi connectivity index (χ0n) is 14.6. The van der Waals surface area contributed by atoms with E-state index in [0.717, 1.165) is 28.6 Å². The van der Waals surface area contributed by atoms with Crippen molar-refractivity contribution in [3.63, 3.8) is 0 Å². The first-order chi connectivity index (χ1) is 12.0. The van der Waals surface area contributed by atoms with Crippen LogP contribution < -0.4 is 4.74 Å². The van der Waals surface area contributed by atoms with E-state index in [0.29, 0.717) is 38.7 Å². The Balaban J connectivity index is 1.72. The monoisotopic (exact) mass is 343 g/mol. The summed E-state index contributed by atoms with van der Waals surface area (Å²) in [4.78, 5) is 15.5. The van der Waals surface area contributed by atoms with Gasteiger partial charge in [0.05, 0.1) is 23.6 Å². The van der Waals surface area contributed by atoms with Gasteiger partial charge in [0.1, 0.15) is 5.75 Å². The van der Waals surface area contributed by atoms with Crippen molar-refractivity contribution in [2.45, 2.75) is 51.0 Å². The number of aromatic nitrogens is 1. The molecule has 1 aliphatic carbocycles. The van der Waals surface area contributed by atoms with Crippen LogP contribution in [0.2, 0.25) is 0 Å². The van der Waals surface area contributed by atoms with Gasteiger partial charge in [-0.05, 0) is 75.3 Å². The summed E-state index contributed by atoms with van der Waals surface area (Å²) in [6, 6.07) is 7.87. The fourth-order valence-electron chi connectivity index (χ4n) is 3.68. The molecule has 1 saturated carbocycles. The molecule has 1 aromatic heterocycles. The van der Waals surface area contributed by atoms with Gasteiger partial charge in [0.2, 0.25) is 0 Å². The lowest BCUT2D eigenvalue weighted by Gasteiger charge is -2.34. The average molecular weight is 343 g/mol. The normalized spacial score (nSPS) is 23.5. The van der Waals surface area contributed by atoms with Crippen molar-refractivity contribution in [1.29, 1.82) is 0 Å². The maximum Gasteiger partial charge on any atom is 0.306 e. The Morgan fingerprint density at radius 2 is 2.08 bits per heavy atom. The molecule has 1 aromatic carbocycles. The molecule has 1 heterocycles. The molecular formula is C20H25NO4. The van der Waals surface area contributed by atoms with Gasteiger partial charge in [-0.3, -0.25) is 9.78 Å². The standard InChI is InChI=1S/C20H25NO4/c1-2-25-16-3-4-18-17(13-16)14(8-12-21-18)5-9-20(24)10-6-15(7-11-20)19(22)23/h3-4,8,12-13,15,24H,2,5-7,9-11H2,1H3,(H,22,23)/t15-,20-. The second-order valence-corrected chi connectivity index (χ2v) is 6.92. The van der Waals surface area contributed by atoms with Crippen molar-refractivity contribution in [3.05, 3.63) is 36.0 Å². The maximum atomic E-state index is 11.1. The zero-order valence-corrected chi connectivity index (χ0v) is 14.6. The Bertz CT molecular complexity index is 750. The number of aryl methyl sites for hydroxylation is 1. The summed E-state index contributed by atoms with van der Waals surface area (Å²) in [6.07, 6.45) is 5.38. The van der Waals surface area contributed by atoms with Crippen LogP contribution in [0.3, 0.4) is 0 Å². The van der Waals surface area contributed by atoms with Gasteiger partial charge in [0, 0.05) is 11.6 Å². The van der Waals surface area contributed by atoms with Gasteiger partial charge in [-0.2, -0.15) is 0 Å². The van der Waals surface area contributed by atoms with Crippen LogP contribution in [0.15, 0.2) is 30.5 Å². The van der Waals surface area contributed by atoms with Crippen molar-refractivity contribution in [3.8, 4) is 5.75 Å². The van der Waals surface area contributed by atoms with Crippen LogP contribution in [0.25, 0.3) is 10.9 Å². The maximum absolute atomic E-state index is 11.1. The van der Waals surface area contributed by atoms with Crippen LogP contribution in [-0.2, 0) is 11.2 Å². The summed E-state index contributed by atoms with van der Waals surface area (Å²) in [5.74, 6) is -0.230. The van der Waals surface area contributed by atoms with Crippen LogP contribution in [0, 0.1) is 5.92 Å². The molecule has 0 atom stereocenters. The lowest BCUT2D eigenvalue weighted by Crippen LogP contribution is -2.36. The summed E-state index contributed by atoms with van der Waals surface area (Å²) in [5, 5.41) is 21.0. The fourth-order valence-corrected chi connectivity index (χ4v) is 3.68. The second-order valence-electron chi connectivity index (χ2n) is 6.92. The van der Waals surface area contributed by atoms with Gasteiger partial charge in [-0.25, -0.2) is 0 Å². The molecule has 0 aliphatic heterocycles. The number of fused-ring (bicyclic) bond motifs is 1. The van der Waals surface area contributed by atoms with E-state index in [1.165, 1.54) is 0 Å². The smallest absolute Gasteiger partial charge is 0.306 e. The number of nitrogens with zero attached hydrogens (tertiary/aromatic N) is 1. The average Bonchev–Trinajstić information content (AvgIpc) is 2.60. The number of hydrogen-bond acceptors (Lipinski definition) is 4. The Labute approximate surface area is 147 Å². The molecule has 1 aliphatic rings. The summed E-state index contributed by atoms with van der Waals surface area (Å²) < 4.78 is 5.58. The largest absolute Gasteiger partial charge is 0.494 e. The Morgan fingerprint density at radius 3 is 2.76 bits per heavy atom. The predicted molar refractivity (Wildman–Crippen MR) is 95.8 cm³/mol. The number of benzene rings is 1. The highest BCUT2D eigenvalue weighted by Gasteiger charge is 2.35. The van der Waals surface area contributed by atoms with Crippen molar-refractivity contribution in [2.24, 2.45) is 5.92 Å². The first-order valence-electron chi connectivity index (χ1n) is 8.96. The Morgan fingerprint density at radius 1 is 1.32 bits per heavy atom. The van der Waals surface area contributed by atoms with E-state index in [2.05, 4.69) is 4.98 Å². The minimum atomic E-state index is -0.765. The predicted octanol–water partition coefficient (Wildman–Crippen LogP) is 3.57. The molecule has 0 amide bonds. The summed E-state index contributed by atoms with van der Waals surface area (Å²) >= 11 is 0. The highest BCUT2D eigenvalue weighted by Crippen LogP contribution is 2.36. The minimum absolute atomic E-state index is 0.309. The molecule has 0 saturated heterocycles. The van der Waals surface area contributed by atoms with Crippen LogP contribution in [-0.4, -0.2) is 33.4 Å². The molecule has 2 aromatic rings. The molecule has 0 spiro atoms. The van der Waals surface area contributed by atoms with Gasteiger partial charge in [0.25, 0.3) is 0 Å². The van der Waals surface area contributed by atoms with Gasteiger partial charge in [-0.1, -0.05) is 0 Å². The van der Waals surface area contributed by atoms with E-state index in [-0.39, 0.29) is 5.92 Å². The first kappa shape index (κ1) is 17.7. The van der Waals surface area contributed by atoms with Gasteiger partial charge in [-0.15, -0.1) is 0 Å². The van der Waals surface area contributed by atoms with E-state index in [1.54, 1.807) is 6.20 Å². The third-order valence-corrected chi connectivity index (χ3v) is 5.24. The van der Waals surface area contributed by atoms with Crippen molar-refractivity contribution in [2.75, 3.05) is 6.61 Å². The van der Waals surface area contributed by atoms with Crippen LogP contribution in [0.1, 0.15) is 44.6 Å². The molecule has 5 heteroatoms. The summed E-state index contributed by atoms with van der Waals surface area (Å²) in [6.45, 7) is 2.57. The highest BCUT2D eigenvalue weighted by molar-refractivity contribution is 5.83. The lowest BCUT2D eigenvalue weighted by atomic mass is 9.76. The zero-order chi connectivity index (χ0) is 17.9. The number of aliphatic carboxylic acids is 1. The molecular weight excluding hydrogens is 318 g/mol. The van der Waals surface area contributed by atoms with Gasteiger partial charge in [0.15, 0.2) is 0 Å². The second kappa shape index (κ2) is 7.40. The van der Waals surface area contributed by atoms with Crippen molar-refractivity contribution in [1.82, 2.24) is 4.98 Å². The highest BCUT2D eigenvalue weighted by atomic mass is 16.5. The fraction of sp³-hybridized carbons (Fsp3) is 0.500. The van der Waals surface area contributed by atoms with Gasteiger partial charge >= 0.3 is 5.97 Å². The molecule has 2 N–H and O–H groups in total. The molecule has 5 nitrogen and oxygen atoms in total. The Kier molecular flexibility index (Phi) is 5.23. The molecule has 3 rings (SSSR count). The van der Waals surface area contributed by atoms with E-state index < -0.39 is 11.6 Å². The van der Waals surface area contributed by atoms with Crippen molar-refractivity contribution < 1.29 is 19.7 Å². The van der Waals surface area contributed by atoms with Crippen LogP contribution in [0.4, 0.5) is 0 Å². The molecule has 25 heavy (non-hydrogen) atoms. The number of carbonyl (C=O) groups is 1. The quantitative estimate of drug-likeness (QED) is 0.838.